The Morgan fingerprint density at radius 1 is 1.12 bits per heavy atom. The number of nitrogens with zero attached hydrogens (tertiary/aromatic N) is 3. The lowest BCUT2D eigenvalue weighted by Gasteiger charge is -2.27. The third kappa shape index (κ3) is 5.98. The monoisotopic (exact) mass is 462 g/mol. The smallest absolute Gasteiger partial charge is 0.306 e. The summed E-state index contributed by atoms with van der Waals surface area (Å²) in [6, 6.07) is 5.99. The second-order valence-corrected chi connectivity index (χ2v) is 8.92. The molecule has 0 spiro atoms. The van der Waals surface area contributed by atoms with E-state index in [1.54, 1.807) is 18.5 Å². The van der Waals surface area contributed by atoms with Crippen LogP contribution in [0.15, 0.2) is 35.6 Å². The molecule has 4 rings (SSSR count). The quantitative estimate of drug-likeness (QED) is 0.412. The standard InChI is InChI=1S/C25H30N6O3/c1-15-3-10-22(30-20(15)11-12-26-2)31-23-13-21(28-17-8-9-17)19(14-27-23)24(32)29-18-6-4-16(5-7-18)25(33)34/h3,10-14,16-18H,2,4-9H2,1H3,(H,29,32)(H,33,34)(H2,27,28,30,31)/b12-11-/t16-,18-. The van der Waals surface area contributed by atoms with Crippen molar-refractivity contribution in [3.63, 3.8) is 0 Å². The van der Waals surface area contributed by atoms with Gasteiger partial charge in [0.25, 0.3) is 5.91 Å². The Balaban J connectivity index is 1.48. The predicted octanol–water partition coefficient (Wildman–Crippen LogP) is 4.15. The van der Waals surface area contributed by atoms with Gasteiger partial charge in [0.1, 0.15) is 11.6 Å². The van der Waals surface area contributed by atoms with Gasteiger partial charge in [-0.05, 0) is 69.9 Å². The van der Waals surface area contributed by atoms with E-state index in [4.69, 9.17) is 0 Å². The van der Waals surface area contributed by atoms with Crippen molar-refractivity contribution in [3.8, 4) is 0 Å². The van der Waals surface area contributed by atoms with Crippen molar-refractivity contribution in [2.24, 2.45) is 10.9 Å². The molecular weight excluding hydrogens is 432 g/mol. The molecular formula is C25H30N6O3. The van der Waals surface area contributed by atoms with Crippen LogP contribution in [-0.4, -0.2) is 45.8 Å². The second-order valence-electron chi connectivity index (χ2n) is 8.92. The molecule has 2 aliphatic rings. The Hall–Kier alpha value is -3.75. The van der Waals surface area contributed by atoms with Gasteiger partial charge in [-0.1, -0.05) is 6.07 Å². The first-order valence-corrected chi connectivity index (χ1v) is 11.6. The number of hydrogen-bond donors (Lipinski definition) is 4. The molecule has 4 N–H and O–H groups in total. The van der Waals surface area contributed by atoms with E-state index in [2.05, 4.69) is 37.6 Å². The zero-order valence-electron chi connectivity index (χ0n) is 19.3. The van der Waals surface area contributed by atoms with E-state index in [-0.39, 0.29) is 17.9 Å². The number of rotatable bonds is 9. The average Bonchev–Trinajstić information content (AvgIpc) is 3.64. The maximum absolute atomic E-state index is 13.0. The second kappa shape index (κ2) is 10.5. The molecule has 1 amide bonds. The Labute approximate surface area is 198 Å². The summed E-state index contributed by atoms with van der Waals surface area (Å²) in [4.78, 5) is 37.0. The summed E-state index contributed by atoms with van der Waals surface area (Å²) in [6.45, 7) is 5.42. The van der Waals surface area contributed by atoms with Crippen molar-refractivity contribution in [3.05, 3.63) is 47.4 Å². The van der Waals surface area contributed by atoms with Gasteiger partial charge in [0, 0.05) is 30.5 Å². The fourth-order valence-corrected chi connectivity index (χ4v) is 4.06. The molecule has 34 heavy (non-hydrogen) atoms. The highest BCUT2D eigenvalue weighted by molar-refractivity contribution is 6.00. The van der Waals surface area contributed by atoms with Gasteiger partial charge < -0.3 is 21.1 Å². The van der Waals surface area contributed by atoms with Crippen LogP contribution in [0.2, 0.25) is 0 Å². The van der Waals surface area contributed by atoms with Crippen LogP contribution >= 0.6 is 0 Å². The number of aliphatic imine (C=N–C) groups is 1. The maximum Gasteiger partial charge on any atom is 0.306 e. The molecule has 0 aliphatic heterocycles. The largest absolute Gasteiger partial charge is 0.481 e. The number of pyridine rings is 2. The first kappa shape index (κ1) is 23.4. The molecule has 9 heteroatoms. The normalized spacial score (nSPS) is 20.0. The molecule has 0 atom stereocenters. The maximum atomic E-state index is 13.0. The predicted molar refractivity (Wildman–Crippen MR) is 133 cm³/mol. The highest BCUT2D eigenvalue weighted by Crippen LogP contribution is 2.30. The number of aryl methyl sites for hydroxylation is 1. The van der Waals surface area contributed by atoms with Crippen LogP contribution in [0.1, 0.15) is 60.1 Å². The molecule has 2 fully saturated rings. The van der Waals surface area contributed by atoms with Gasteiger partial charge in [-0.15, -0.1) is 0 Å². The van der Waals surface area contributed by atoms with Crippen molar-refractivity contribution < 1.29 is 14.7 Å². The van der Waals surface area contributed by atoms with Crippen molar-refractivity contribution in [2.45, 2.75) is 57.5 Å². The van der Waals surface area contributed by atoms with Crippen LogP contribution in [-0.2, 0) is 4.79 Å². The third-order valence-electron chi connectivity index (χ3n) is 6.23. The molecule has 2 heterocycles. The zero-order valence-corrected chi connectivity index (χ0v) is 19.3. The lowest BCUT2D eigenvalue weighted by molar-refractivity contribution is -0.142. The topological polar surface area (TPSA) is 129 Å². The molecule has 0 radical (unpaired) electrons. The van der Waals surface area contributed by atoms with Gasteiger partial charge in [-0.3, -0.25) is 14.6 Å². The van der Waals surface area contributed by atoms with Crippen molar-refractivity contribution in [1.29, 1.82) is 0 Å². The molecule has 2 aromatic heterocycles. The molecule has 2 aromatic rings. The molecule has 2 aliphatic carbocycles. The Kier molecular flexibility index (Phi) is 7.20. The van der Waals surface area contributed by atoms with Gasteiger partial charge in [-0.2, -0.15) is 0 Å². The highest BCUT2D eigenvalue weighted by Gasteiger charge is 2.28. The molecule has 9 nitrogen and oxygen atoms in total. The van der Waals surface area contributed by atoms with Crippen molar-refractivity contribution in [1.82, 2.24) is 15.3 Å². The number of carbonyl (C=O) groups excluding carboxylic acids is 1. The summed E-state index contributed by atoms with van der Waals surface area (Å²) in [6.07, 6.45) is 9.58. The summed E-state index contributed by atoms with van der Waals surface area (Å²) in [7, 11) is 0. The summed E-state index contributed by atoms with van der Waals surface area (Å²) < 4.78 is 0. The van der Waals surface area contributed by atoms with Crippen LogP contribution < -0.4 is 16.0 Å². The van der Waals surface area contributed by atoms with Crippen LogP contribution in [0, 0.1) is 12.8 Å². The van der Waals surface area contributed by atoms with E-state index in [1.807, 2.05) is 25.1 Å². The Morgan fingerprint density at radius 3 is 2.53 bits per heavy atom. The van der Waals surface area contributed by atoms with E-state index in [9.17, 15) is 14.7 Å². The Morgan fingerprint density at radius 2 is 1.85 bits per heavy atom. The van der Waals surface area contributed by atoms with Gasteiger partial charge in [0.2, 0.25) is 0 Å². The fourth-order valence-electron chi connectivity index (χ4n) is 4.06. The fraction of sp³-hybridized carbons (Fsp3) is 0.400. The van der Waals surface area contributed by atoms with E-state index in [0.29, 0.717) is 48.9 Å². The number of carboxylic acids is 1. The zero-order chi connectivity index (χ0) is 24.1. The van der Waals surface area contributed by atoms with Crippen molar-refractivity contribution in [2.75, 3.05) is 10.6 Å². The number of carbonyl (C=O) groups is 2. The summed E-state index contributed by atoms with van der Waals surface area (Å²) in [5, 5.41) is 18.9. The minimum atomic E-state index is -0.753. The highest BCUT2D eigenvalue weighted by atomic mass is 16.4. The molecule has 0 saturated heterocycles. The van der Waals surface area contributed by atoms with Crippen molar-refractivity contribution >= 4 is 42.0 Å². The van der Waals surface area contributed by atoms with Gasteiger partial charge in [0.05, 0.1) is 22.9 Å². The van der Waals surface area contributed by atoms with Gasteiger partial charge in [0.15, 0.2) is 0 Å². The third-order valence-corrected chi connectivity index (χ3v) is 6.23. The SMILES string of the molecule is C=N/C=C\c1nc(Nc2cc(NC3CC3)c(C(=O)N[C@H]3CC[C@H](C(=O)O)CC3)cn2)ccc1C. The lowest BCUT2D eigenvalue weighted by atomic mass is 9.86. The van der Waals surface area contributed by atoms with E-state index in [1.165, 1.54) is 0 Å². The number of hydrogen-bond acceptors (Lipinski definition) is 7. The first-order valence-electron chi connectivity index (χ1n) is 11.6. The minimum absolute atomic E-state index is 0.0250. The number of carboxylic acid groups (broad SMARTS) is 1. The van der Waals surface area contributed by atoms with E-state index < -0.39 is 5.97 Å². The van der Waals surface area contributed by atoms with Gasteiger partial charge >= 0.3 is 5.97 Å². The lowest BCUT2D eigenvalue weighted by Crippen LogP contribution is -2.39. The van der Waals surface area contributed by atoms with Crippen LogP contribution in [0.4, 0.5) is 17.3 Å². The summed E-state index contributed by atoms with van der Waals surface area (Å²) in [5.74, 6) is -0.0524. The number of anilines is 3. The van der Waals surface area contributed by atoms with Crippen LogP contribution in [0.5, 0.6) is 0 Å². The number of nitrogens with one attached hydrogen (secondary N) is 3. The first-order chi connectivity index (χ1) is 16.4. The number of aliphatic carboxylic acids is 1. The Bertz CT molecular complexity index is 1100. The number of amides is 1. The molecule has 0 aromatic carbocycles. The molecule has 0 unspecified atom stereocenters. The van der Waals surface area contributed by atoms with Crippen LogP contribution in [0.25, 0.3) is 6.08 Å². The molecule has 178 valence electrons. The summed E-state index contributed by atoms with van der Waals surface area (Å²) in [5.41, 5.74) is 3.00. The minimum Gasteiger partial charge on any atom is -0.481 e. The molecule has 2 saturated carbocycles. The van der Waals surface area contributed by atoms with Gasteiger partial charge in [-0.25, -0.2) is 9.97 Å². The van der Waals surface area contributed by atoms with E-state index >= 15 is 0 Å². The number of aromatic nitrogens is 2. The summed E-state index contributed by atoms with van der Waals surface area (Å²) >= 11 is 0. The van der Waals surface area contributed by atoms with E-state index in [0.717, 1.165) is 29.8 Å². The average molecular weight is 463 g/mol. The van der Waals surface area contributed by atoms with Crippen LogP contribution in [0.3, 0.4) is 0 Å². The molecule has 0 bridgehead atoms.